The second-order valence-electron chi connectivity index (χ2n) is 6.18. The fourth-order valence-corrected chi connectivity index (χ4v) is 3.22. The van der Waals surface area contributed by atoms with Crippen molar-refractivity contribution in [3.63, 3.8) is 0 Å². The summed E-state index contributed by atoms with van der Waals surface area (Å²) < 4.78 is 1.96. The van der Waals surface area contributed by atoms with E-state index >= 15 is 0 Å². The summed E-state index contributed by atoms with van der Waals surface area (Å²) in [5.41, 5.74) is 5.31. The molecule has 0 saturated heterocycles. The van der Waals surface area contributed by atoms with Crippen LogP contribution in [0.1, 0.15) is 33.1 Å². The van der Waals surface area contributed by atoms with Crippen molar-refractivity contribution in [2.24, 2.45) is 0 Å². The van der Waals surface area contributed by atoms with Crippen molar-refractivity contribution in [1.82, 2.24) is 20.0 Å². The van der Waals surface area contributed by atoms with E-state index in [1.54, 1.807) is 6.08 Å². The van der Waals surface area contributed by atoms with Crippen LogP contribution in [0.5, 0.6) is 0 Å². The largest absolute Gasteiger partial charge is 0.297 e. The van der Waals surface area contributed by atoms with Crippen molar-refractivity contribution in [1.29, 1.82) is 0 Å². The number of carbonyl (C=O) groups is 1. The highest BCUT2D eigenvalue weighted by atomic mass is 32.1. The Hall–Kier alpha value is -2.80. The summed E-state index contributed by atoms with van der Waals surface area (Å²) in [7, 11) is 0. The Bertz CT molecular complexity index is 953. The summed E-state index contributed by atoms with van der Waals surface area (Å²) in [6.45, 7) is 8.59. The fraction of sp³-hybridized carbons (Fsp3) is 0.263. The average Bonchev–Trinajstić information content (AvgIpc) is 3.11. The molecule has 0 spiro atoms. The smallest absolute Gasteiger partial charge is 0.250 e. The molecule has 0 aliphatic heterocycles. The van der Waals surface area contributed by atoms with E-state index in [1.165, 1.54) is 28.5 Å². The van der Waals surface area contributed by atoms with Gasteiger partial charge in [0.2, 0.25) is 11.0 Å². The van der Waals surface area contributed by atoms with Gasteiger partial charge in [0.05, 0.1) is 12.2 Å². The molecule has 134 valence electrons. The molecule has 0 unspecified atom stereocenters. The third-order valence-corrected chi connectivity index (χ3v) is 4.80. The molecule has 2 aromatic heterocycles. The van der Waals surface area contributed by atoms with Gasteiger partial charge in [0.15, 0.2) is 0 Å². The molecule has 1 aromatic carbocycles. The lowest BCUT2D eigenvalue weighted by Gasteiger charge is -2.05. The molecule has 0 saturated carbocycles. The molecule has 0 radical (unpaired) electrons. The van der Waals surface area contributed by atoms with Crippen LogP contribution in [-0.4, -0.2) is 25.9 Å². The first-order valence-electron chi connectivity index (χ1n) is 8.31. The molecule has 0 bridgehead atoms. The number of nitrogens with zero attached hydrogens (tertiary/aromatic N) is 4. The second-order valence-corrected chi connectivity index (χ2v) is 7.36. The summed E-state index contributed by atoms with van der Waals surface area (Å²) in [4.78, 5) is 12.1. The van der Waals surface area contributed by atoms with E-state index in [4.69, 9.17) is 0 Å². The van der Waals surface area contributed by atoms with E-state index in [9.17, 15) is 4.79 Å². The minimum atomic E-state index is -0.230. The van der Waals surface area contributed by atoms with Gasteiger partial charge >= 0.3 is 0 Å². The first-order chi connectivity index (χ1) is 12.4. The van der Waals surface area contributed by atoms with Crippen LogP contribution in [0.3, 0.4) is 0 Å². The Morgan fingerprint density at radius 1 is 1.15 bits per heavy atom. The van der Waals surface area contributed by atoms with Crippen molar-refractivity contribution in [3.8, 4) is 0 Å². The Labute approximate surface area is 156 Å². The minimum Gasteiger partial charge on any atom is -0.297 e. The van der Waals surface area contributed by atoms with Gasteiger partial charge in [-0.1, -0.05) is 41.2 Å². The van der Waals surface area contributed by atoms with Crippen LogP contribution in [0.2, 0.25) is 0 Å². The van der Waals surface area contributed by atoms with Crippen molar-refractivity contribution in [2.45, 2.75) is 34.2 Å². The predicted octanol–water partition coefficient (Wildman–Crippen LogP) is 3.67. The zero-order chi connectivity index (χ0) is 18.7. The number of benzene rings is 1. The topological polar surface area (TPSA) is 72.7 Å². The first-order valence-corrected chi connectivity index (χ1v) is 9.13. The van der Waals surface area contributed by atoms with Gasteiger partial charge in [-0.05, 0) is 39.3 Å². The average molecular weight is 367 g/mol. The molecule has 3 aromatic rings. The quantitative estimate of drug-likeness (QED) is 0.699. The molecule has 7 heteroatoms. The minimum absolute atomic E-state index is 0.230. The van der Waals surface area contributed by atoms with Gasteiger partial charge in [-0.3, -0.25) is 14.8 Å². The Kier molecular flexibility index (Phi) is 5.27. The Balaban J connectivity index is 1.72. The molecule has 0 atom stereocenters. The lowest BCUT2D eigenvalue weighted by molar-refractivity contribution is -0.111. The SMILES string of the molecule is Cc1ccc(Cn2nc(C)c(/C=C\C(=O)Nc3nnc(C)s3)c2C)cc1. The van der Waals surface area contributed by atoms with Crippen LogP contribution < -0.4 is 5.32 Å². The third kappa shape index (κ3) is 4.23. The summed E-state index contributed by atoms with van der Waals surface area (Å²) in [6, 6.07) is 8.42. The normalized spacial score (nSPS) is 11.2. The van der Waals surface area contributed by atoms with Crippen molar-refractivity contribution < 1.29 is 4.79 Å². The number of hydrogen-bond donors (Lipinski definition) is 1. The van der Waals surface area contributed by atoms with Crippen LogP contribution in [0.15, 0.2) is 30.3 Å². The van der Waals surface area contributed by atoms with Gasteiger partial charge < -0.3 is 0 Å². The maximum absolute atomic E-state index is 12.1. The standard InChI is InChI=1S/C19H21N5OS/c1-12-5-7-16(8-6-12)11-24-14(3)17(13(2)23-24)9-10-18(25)20-19-22-21-15(4)26-19/h5-10H,11H2,1-4H3,(H,20,22,25)/b10-9-. The number of hydrogen-bond acceptors (Lipinski definition) is 5. The fourth-order valence-electron chi connectivity index (χ4n) is 2.63. The monoisotopic (exact) mass is 367 g/mol. The molecular weight excluding hydrogens is 346 g/mol. The number of aromatic nitrogens is 4. The van der Waals surface area contributed by atoms with Crippen LogP contribution in [0.25, 0.3) is 6.08 Å². The number of carbonyl (C=O) groups excluding carboxylic acids is 1. The van der Waals surface area contributed by atoms with E-state index in [2.05, 4.69) is 51.8 Å². The lowest BCUT2D eigenvalue weighted by Crippen LogP contribution is -2.07. The van der Waals surface area contributed by atoms with Gasteiger partial charge in [0.25, 0.3) is 0 Å². The van der Waals surface area contributed by atoms with E-state index in [-0.39, 0.29) is 5.91 Å². The van der Waals surface area contributed by atoms with Crippen molar-refractivity contribution >= 4 is 28.5 Å². The van der Waals surface area contributed by atoms with Crippen molar-refractivity contribution in [2.75, 3.05) is 5.32 Å². The second kappa shape index (κ2) is 7.61. The molecule has 0 aliphatic carbocycles. The van der Waals surface area contributed by atoms with Gasteiger partial charge in [-0.25, -0.2) is 0 Å². The van der Waals surface area contributed by atoms with Gasteiger partial charge in [0.1, 0.15) is 5.01 Å². The van der Waals surface area contributed by atoms with Crippen LogP contribution in [0.4, 0.5) is 5.13 Å². The van der Waals surface area contributed by atoms with Gasteiger partial charge in [-0.2, -0.15) is 5.10 Å². The van der Waals surface area contributed by atoms with Gasteiger partial charge in [-0.15, -0.1) is 10.2 Å². The van der Waals surface area contributed by atoms with Crippen LogP contribution in [-0.2, 0) is 11.3 Å². The zero-order valence-electron chi connectivity index (χ0n) is 15.3. The van der Waals surface area contributed by atoms with E-state index in [0.29, 0.717) is 11.7 Å². The summed E-state index contributed by atoms with van der Waals surface area (Å²) in [6.07, 6.45) is 3.30. The van der Waals surface area contributed by atoms with E-state index in [1.807, 2.05) is 25.5 Å². The number of nitrogens with one attached hydrogen (secondary N) is 1. The molecule has 1 amide bonds. The molecule has 0 fully saturated rings. The van der Waals surface area contributed by atoms with Crippen LogP contribution in [0, 0.1) is 27.7 Å². The highest BCUT2D eigenvalue weighted by molar-refractivity contribution is 7.15. The highest BCUT2D eigenvalue weighted by Crippen LogP contribution is 2.17. The lowest BCUT2D eigenvalue weighted by atomic mass is 10.1. The number of amides is 1. The summed E-state index contributed by atoms with van der Waals surface area (Å²) in [5.74, 6) is -0.230. The maximum atomic E-state index is 12.1. The summed E-state index contributed by atoms with van der Waals surface area (Å²) >= 11 is 1.35. The van der Waals surface area contributed by atoms with E-state index in [0.717, 1.165) is 22.0 Å². The van der Waals surface area contributed by atoms with Gasteiger partial charge in [0, 0.05) is 17.3 Å². The molecule has 0 aliphatic rings. The highest BCUT2D eigenvalue weighted by Gasteiger charge is 2.10. The van der Waals surface area contributed by atoms with Crippen LogP contribution >= 0.6 is 11.3 Å². The Morgan fingerprint density at radius 2 is 1.88 bits per heavy atom. The molecule has 2 heterocycles. The number of rotatable bonds is 5. The Morgan fingerprint density at radius 3 is 2.54 bits per heavy atom. The zero-order valence-corrected chi connectivity index (χ0v) is 16.1. The molecule has 3 rings (SSSR count). The third-order valence-electron chi connectivity index (χ3n) is 4.05. The first kappa shape index (κ1) is 18.0. The van der Waals surface area contributed by atoms with Crippen molar-refractivity contribution in [3.05, 3.63) is 63.4 Å². The maximum Gasteiger partial charge on any atom is 0.250 e. The number of aryl methyl sites for hydroxylation is 3. The van der Waals surface area contributed by atoms with E-state index < -0.39 is 0 Å². The molecule has 1 N–H and O–H groups in total. The number of anilines is 1. The predicted molar refractivity (Wildman–Crippen MR) is 104 cm³/mol. The molecule has 6 nitrogen and oxygen atoms in total. The summed E-state index contributed by atoms with van der Waals surface area (Å²) in [5, 5.41) is 16.4. The molecular formula is C19H21N5OS. The molecule has 26 heavy (non-hydrogen) atoms.